The monoisotopic (exact) mass is 246 g/mol. The quantitative estimate of drug-likeness (QED) is 0.889. The number of aromatic nitrogens is 3. The largest absolute Gasteiger partial charge is 0.477 e. The highest BCUT2D eigenvalue weighted by molar-refractivity contribution is 5.43. The first-order chi connectivity index (χ1) is 8.83. The lowest BCUT2D eigenvalue weighted by atomic mass is 9.99. The van der Waals surface area contributed by atoms with Gasteiger partial charge in [-0.25, -0.2) is 4.98 Å². The molecule has 2 aromatic rings. The second kappa shape index (κ2) is 4.94. The van der Waals surface area contributed by atoms with Crippen molar-refractivity contribution in [3.8, 4) is 5.88 Å². The molecule has 1 aliphatic rings. The Morgan fingerprint density at radius 1 is 1.39 bits per heavy atom. The maximum atomic E-state index is 5.93. The van der Waals surface area contributed by atoms with Gasteiger partial charge in [0, 0.05) is 6.07 Å². The lowest BCUT2D eigenvalue weighted by molar-refractivity contribution is 0.205. The van der Waals surface area contributed by atoms with E-state index in [2.05, 4.69) is 15.4 Å². The highest BCUT2D eigenvalue weighted by atomic mass is 16.5. The lowest BCUT2D eigenvalue weighted by Crippen LogP contribution is -2.30. The number of ether oxygens (including phenoxy) is 1. The molecule has 0 unspecified atom stereocenters. The van der Waals surface area contributed by atoms with Crippen LogP contribution in [0.15, 0.2) is 18.5 Å². The maximum Gasteiger partial charge on any atom is 0.216 e. The van der Waals surface area contributed by atoms with Crippen molar-refractivity contribution < 1.29 is 4.74 Å². The van der Waals surface area contributed by atoms with Crippen molar-refractivity contribution >= 4 is 5.65 Å². The number of nitrogens with zero attached hydrogens (tertiary/aromatic N) is 3. The molecule has 0 radical (unpaired) electrons. The molecule has 0 atom stereocenters. The highest BCUT2D eigenvalue weighted by Crippen LogP contribution is 2.18. The summed E-state index contributed by atoms with van der Waals surface area (Å²) in [6, 6.07) is 4.02. The van der Waals surface area contributed by atoms with Gasteiger partial charge < -0.3 is 10.1 Å². The van der Waals surface area contributed by atoms with Gasteiger partial charge in [0.15, 0.2) is 5.65 Å². The number of nitrogens with one attached hydrogen (secondary N) is 1. The Bertz CT molecular complexity index is 531. The van der Waals surface area contributed by atoms with E-state index < -0.39 is 0 Å². The molecule has 3 rings (SSSR count). The molecule has 18 heavy (non-hydrogen) atoms. The van der Waals surface area contributed by atoms with Crippen LogP contribution in [0, 0.1) is 12.8 Å². The van der Waals surface area contributed by atoms with E-state index in [-0.39, 0.29) is 0 Å². The fourth-order valence-corrected chi connectivity index (χ4v) is 2.37. The number of aryl methyl sites for hydroxylation is 1. The minimum Gasteiger partial charge on any atom is -0.477 e. The van der Waals surface area contributed by atoms with Crippen molar-refractivity contribution in [2.24, 2.45) is 5.92 Å². The summed E-state index contributed by atoms with van der Waals surface area (Å²) >= 11 is 0. The van der Waals surface area contributed by atoms with Crippen LogP contribution in [-0.2, 0) is 0 Å². The van der Waals surface area contributed by atoms with Crippen LogP contribution in [-0.4, -0.2) is 34.3 Å². The summed E-state index contributed by atoms with van der Waals surface area (Å²) < 4.78 is 7.69. The van der Waals surface area contributed by atoms with Crippen LogP contribution >= 0.6 is 0 Å². The average molecular weight is 246 g/mol. The molecule has 2 aromatic heterocycles. The standard InChI is InChI=1S/C13H18N4O/c1-10-6-12-15-9-16-17(12)13(7-10)18-8-11-2-4-14-5-3-11/h6-7,9,11,14H,2-5,8H2,1H3. The predicted octanol–water partition coefficient (Wildman–Crippen LogP) is 1.42. The molecular formula is C13H18N4O. The van der Waals surface area contributed by atoms with Crippen molar-refractivity contribution in [2.45, 2.75) is 19.8 Å². The van der Waals surface area contributed by atoms with E-state index in [9.17, 15) is 0 Å². The van der Waals surface area contributed by atoms with Gasteiger partial charge in [-0.05, 0) is 50.4 Å². The molecule has 1 aliphatic heterocycles. The fraction of sp³-hybridized carbons (Fsp3) is 0.538. The Hall–Kier alpha value is -1.62. The van der Waals surface area contributed by atoms with E-state index in [4.69, 9.17) is 4.74 Å². The van der Waals surface area contributed by atoms with Crippen LogP contribution in [0.2, 0.25) is 0 Å². The number of piperidine rings is 1. The normalized spacial score (nSPS) is 17.2. The van der Waals surface area contributed by atoms with Gasteiger partial charge in [-0.3, -0.25) is 0 Å². The molecule has 0 bridgehead atoms. The van der Waals surface area contributed by atoms with Gasteiger partial charge in [0.2, 0.25) is 5.88 Å². The average Bonchev–Trinajstić information content (AvgIpc) is 2.85. The van der Waals surface area contributed by atoms with E-state index in [0.717, 1.165) is 36.8 Å². The Balaban J connectivity index is 1.75. The third-order valence-electron chi connectivity index (χ3n) is 3.42. The number of hydrogen-bond acceptors (Lipinski definition) is 4. The Morgan fingerprint density at radius 2 is 2.22 bits per heavy atom. The minimum atomic E-state index is 0.644. The van der Waals surface area contributed by atoms with Gasteiger partial charge in [0.1, 0.15) is 6.33 Å². The summed E-state index contributed by atoms with van der Waals surface area (Å²) in [6.07, 6.45) is 3.94. The molecule has 0 aliphatic carbocycles. The van der Waals surface area contributed by atoms with Crippen LogP contribution in [0.25, 0.3) is 5.65 Å². The smallest absolute Gasteiger partial charge is 0.216 e. The van der Waals surface area contributed by atoms with Crippen LogP contribution in [0.4, 0.5) is 0 Å². The van der Waals surface area contributed by atoms with E-state index in [1.807, 2.05) is 19.1 Å². The summed E-state index contributed by atoms with van der Waals surface area (Å²) in [6.45, 7) is 5.01. The summed E-state index contributed by atoms with van der Waals surface area (Å²) in [5.74, 6) is 1.44. The lowest BCUT2D eigenvalue weighted by Gasteiger charge is -2.22. The molecule has 1 saturated heterocycles. The number of fused-ring (bicyclic) bond motifs is 1. The highest BCUT2D eigenvalue weighted by Gasteiger charge is 2.14. The third kappa shape index (κ3) is 2.31. The second-order valence-electron chi connectivity index (χ2n) is 4.91. The van der Waals surface area contributed by atoms with Crippen molar-refractivity contribution in [1.82, 2.24) is 19.9 Å². The molecule has 0 saturated carbocycles. The Labute approximate surface area is 106 Å². The van der Waals surface area contributed by atoms with Crippen molar-refractivity contribution in [2.75, 3.05) is 19.7 Å². The third-order valence-corrected chi connectivity index (χ3v) is 3.42. The minimum absolute atomic E-state index is 0.644. The zero-order valence-corrected chi connectivity index (χ0v) is 10.6. The second-order valence-corrected chi connectivity index (χ2v) is 4.91. The molecule has 3 heterocycles. The molecule has 1 N–H and O–H groups in total. The van der Waals surface area contributed by atoms with E-state index in [1.165, 1.54) is 12.8 Å². The molecule has 0 aromatic carbocycles. The fourth-order valence-electron chi connectivity index (χ4n) is 2.37. The first-order valence-corrected chi connectivity index (χ1v) is 6.47. The van der Waals surface area contributed by atoms with Gasteiger partial charge >= 0.3 is 0 Å². The van der Waals surface area contributed by atoms with Gasteiger partial charge in [-0.1, -0.05) is 0 Å². The molecule has 5 nitrogen and oxygen atoms in total. The summed E-state index contributed by atoms with van der Waals surface area (Å²) in [5.41, 5.74) is 1.99. The van der Waals surface area contributed by atoms with E-state index in [1.54, 1.807) is 10.8 Å². The van der Waals surface area contributed by atoms with Crippen molar-refractivity contribution in [3.63, 3.8) is 0 Å². The number of rotatable bonds is 3. The van der Waals surface area contributed by atoms with Crippen LogP contribution in [0.3, 0.4) is 0 Å². The Kier molecular flexibility index (Phi) is 3.15. The molecule has 0 amide bonds. The maximum absolute atomic E-state index is 5.93. The van der Waals surface area contributed by atoms with Crippen LogP contribution < -0.4 is 10.1 Å². The predicted molar refractivity (Wildman–Crippen MR) is 68.8 cm³/mol. The Morgan fingerprint density at radius 3 is 3.06 bits per heavy atom. The molecule has 1 fully saturated rings. The summed E-state index contributed by atoms with van der Waals surface area (Å²) in [4.78, 5) is 4.20. The molecule has 96 valence electrons. The van der Waals surface area contributed by atoms with Gasteiger partial charge in [-0.15, -0.1) is 0 Å². The van der Waals surface area contributed by atoms with Gasteiger partial charge in [-0.2, -0.15) is 9.61 Å². The molecule has 0 spiro atoms. The van der Waals surface area contributed by atoms with Crippen LogP contribution in [0.5, 0.6) is 5.88 Å². The zero-order valence-electron chi connectivity index (χ0n) is 10.6. The SMILES string of the molecule is Cc1cc(OCC2CCNCC2)n2ncnc2c1. The number of hydrogen-bond donors (Lipinski definition) is 1. The van der Waals surface area contributed by atoms with E-state index in [0.29, 0.717) is 5.92 Å². The van der Waals surface area contributed by atoms with E-state index >= 15 is 0 Å². The van der Waals surface area contributed by atoms with Gasteiger partial charge in [0.25, 0.3) is 0 Å². The zero-order chi connectivity index (χ0) is 12.4. The first kappa shape index (κ1) is 11.5. The summed E-state index contributed by atoms with van der Waals surface area (Å²) in [5, 5.41) is 7.56. The topological polar surface area (TPSA) is 51.5 Å². The summed E-state index contributed by atoms with van der Waals surface area (Å²) in [7, 11) is 0. The molecule has 5 heteroatoms. The number of pyridine rings is 1. The van der Waals surface area contributed by atoms with Crippen molar-refractivity contribution in [1.29, 1.82) is 0 Å². The van der Waals surface area contributed by atoms with Gasteiger partial charge in [0.05, 0.1) is 6.61 Å². The molecular weight excluding hydrogens is 228 g/mol. The van der Waals surface area contributed by atoms with Crippen LogP contribution in [0.1, 0.15) is 18.4 Å². The first-order valence-electron chi connectivity index (χ1n) is 6.47. The van der Waals surface area contributed by atoms with Crippen molar-refractivity contribution in [3.05, 3.63) is 24.0 Å².